The minimum Gasteiger partial charge on any atom is -0.462 e. The zero-order valence-electron chi connectivity index (χ0n) is 15.1. The first-order valence-corrected chi connectivity index (χ1v) is 8.66. The molecular weight excluding hydrogens is 356 g/mol. The minimum atomic E-state index is -1.27. The van der Waals surface area contributed by atoms with Gasteiger partial charge in [-0.1, -0.05) is 13.8 Å². The number of esters is 1. The summed E-state index contributed by atoms with van der Waals surface area (Å²) in [5.74, 6) is -0.140. The second-order valence-corrected chi connectivity index (χ2v) is 7.00. The van der Waals surface area contributed by atoms with Crippen molar-refractivity contribution >= 4 is 23.0 Å². The van der Waals surface area contributed by atoms with Gasteiger partial charge in [0.1, 0.15) is 42.8 Å². The lowest BCUT2D eigenvalue weighted by molar-refractivity contribution is -0.152. The number of aromatic nitrogens is 4. The lowest BCUT2D eigenvalue weighted by Crippen LogP contribution is -2.38. The maximum atomic E-state index is 12.0. The second kappa shape index (κ2) is 7.72. The molecule has 6 N–H and O–H groups in total. The number of nitrogen functional groups attached to an aromatic ring is 1. The third-order valence-electron chi connectivity index (χ3n) is 4.42. The fraction of sp³-hybridized carbons (Fsp3) is 0.625. The van der Waals surface area contributed by atoms with Gasteiger partial charge in [-0.25, -0.2) is 15.0 Å². The zero-order valence-corrected chi connectivity index (χ0v) is 15.1. The summed E-state index contributed by atoms with van der Waals surface area (Å²) in [5, 5.41) is 20.6. The molecule has 0 aromatic carbocycles. The molecule has 1 aliphatic heterocycles. The number of nitrogens with zero attached hydrogens (tertiary/aromatic N) is 4. The lowest BCUT2D eigenvalue weighted by atomic mass is 10.1. The van der Waals surface area contributed by atoms with Crippen molar-refractivity contribution in [2.45, 2.75) is 50.8 Å². The largest absolute Gasteiger partial charge is 0.462 e. The number of aliphatic hydroxyl groups excluding tert-OH is 2. The van der Waals surface area contributed by atoms with Gasteiger partial charge >= 0.3 is 5.97 Å². The molecule has 1 saturated heterocycles. The molecule has 1 aliphatic rings. The summed E-state index contributed by atoms with van der Waals surface area (Å²) in [5.41, 5.74) is 12.2. The van der Waals surface area contributed by atoms with Crippen molar-refractivity contribution in [3.63, 3.8) is 0 Å². The van der Waals surface area contributed by atoms with Crippen LogP contribution in [0.5, 0.6) is 0 Å². The van der Waals surface area contributed by atoms with E-state index >= 15 is 0 Å². The summed E-state index contributed by atoms with van der Waals surface area (Å²) in [6.45, 7) is 3.66. The highest BCUT2D eigenvalue weighted by atomic mass is 16.6. The molecule has 3 rings (SSSR count). The Balaban J connectivity index is 1.69. The summed E-state index contributed by atoms with van der Waals surface area (Å²) in [6.07, 6.45) is -1.27. The Kier molecular flexibility index (Phi) is 5.56. The SMILES string of the molecule is CC(C)C[C@H](N)C(=O)OC[C@H]1O[C@@H](n2cnc3c(N)ncnc32)[C@@H](O)[C@@H]1O. The molecule has 148 valence electrons. The Bertz CT molecular complexity index is 812. The highest BCUT2D eigenvalue weighted by molar-refractivity contribution is 5.81. The molecule has 2 aromatic heterocycles. The van der Waals surface area contributed by atoms with Crippen LogP contribution in [0.4, 0.5) is 5.82 Å². The van der Waals surface area contributed by atoms with Gasteiger partial charge in [0.25, 0.3) is 0 Å². The standard InChI is InChI=1S/C16H24N6O5/c1-7(2)3-8(17)16(25)26-4-9-11(23)12(24)15(27-9)22-6-21-10-13(18)19-5-20-14(10)22/h5-9,11-12,15,23-24H,3-4,17H2,1-2H3,(H2,18,19,20)/t8-,9+,11+,12-,15+/m0/s1. The predicted octanol–water partition coefficient (Wildman–Crippen LogP) is -1.06. The van der Waals surface area contributed by atoms with Gasteiger partial charge in [-0.2, -0.15) is 0 Å². The van der Waals surface area contributed by atoms with Crippen molar-refractivity contribution in [1.29, 1.82) is 0 Å². The zero-order chi connectivity index (χ0) is 19.7. The topological polar surface area (TPSA) is 172 Å². The van der Waals surface area contributed by atoms with Crippen LogP contribution in [-0.2, 0) is 14.3 Å². The highest BCUT2D eigenvalue weighted by Crippen LogP contribution is 2.32. The summed E-state index contributed by atoms with van der Waals surface area (Å²) in [4.78, 5) is 24.0. The molecule has 2 aromatic rings. The number of hydrogen-bond acceptors (Lipinski definition) is 10. The molecule has 0 amide bonds. The van der Waals surface area contributed by atoms with Crippen molar-refractivity contribution in [3.05, 3.63) is 12.7 Å². The summed E-state index contributed by atoms with van der Waals surface area (Å²) in [6, 6.07) is -0.749. The van der Waals surface area contributed by atoms with Crippen molar-refractivity contribution in [2.24, 2.45) is 11.7 Å². The molecule has 0 bridgehead atoms. The van der Waals surface area contributed by atoms with Crippen molar-refractivity contribution in [3.8, 4) is 0 Å². The molecule has 27 heavy (non-hydrogen) atoms. The number of imidazole rings is 1. The van der Waals surface area contributed by atoms with E-state index in [0.29, 0.717) is 17.6 Å². The first kappa shape index (κ1) is 19.4. The molecule has 0 radical (unpaired) electrons. The van der Waals surface area contributed by atoms with Crippen LogP contribution in [-0.4, -0.2) is 66.7 Å². The Morgan fingerprint density at radius 1 is 1.33 bits per heavy atom. The minimum absolute atomic E-state index is 0.191. The van der Waals surface area contributed by atoms with Crippen LogP contribution in [0.3, 0.4) is 0 Å². The highest BCUT2D eigenvalue weighted by Gasteiger charge is 2.45. The number of fused-ring (bicyclic) bond motifs is 1. The number of nitrogens with two attached hydrogens (primary N) is 2. The van der Waals surface area contributed by atoms with Gasteiger partial charge in [-0.15, -0.1) is 0 Å². The molecule has 5 atom stereocenters. The average Bonchev–Trinajstić information content (AvgIpc) is 3.16. The number of rotatable bonds is 6. The van der Waals surface area contributed by atoms with E-state index in [1.807, 2.05) is 13.8 Å². The number of hydrogen-bond donors (Lipinski definition) is 4. The van der Waals surface area contributed by atoms with Crippen LogP contribution >= 0.6 is 0 Å². The maximum Gasteiger partial charge on any atom is 0.323 e. The van der Waals surface area contributed by atoms with Crippen molar-refractivity contribution in [1.82, 2.24) is 19.5 Å². The molecule has 11 heteroatoms. The summed E-state index contributed by atoms with van der Waals surface area (Å²) >= 11 is 0. The third-order valence-corrected chi connectivity index (χ3v) is 4.42. The first-order chi connectivity index (χ1) is 12.8. The van der Waals surface area contributed by atoms with Gasteiger partial charge in [-0.3, -0.25) is 9.36 Å². The first-order valence-electron chi connectivity index (χ1n) is 8.66. The molecule has 1 fully saturated rings. The van der Waals surface area contributed by atoms with Crippen molar-refractivity contribution < 1.29 is 24.5 Å². The van der Waals surface area contributed by atoms with Crippen LogP contribution in [0.1, 0.15) is 26.5 Å². The summed E-state index contributed by atoms with van der Waals surface area (Å²) < 4.78 is 12.3. The van der Waals surface area contributed by atoms with E-state index in [4.69, 9.17) is 20.9 Å². The molecule has 0 aliphatic carbocycles. The van der Waals surface area contributed by atoms with E-state index < -0.39 is 36.6 Å². The Labute approximate surface area is 155 Å². The normalized spacial score (nSPS) is 26.6. The number of anilines is 1. The van der Waals surface area contributed by atoms with E-state index in [2.05, 4.69) is 15.0 Å². The summed E-state index contributed by atoms with van der Waals surface area (Å²) in [7, 11) is 0. The van der Waals surface area contributed by atoms with Crippen molar-refractivity contribution in [2.75, 3.05) is 12.3 Å². The van der Waals surface area contributed by atoms with Crippen LogP contribution < -0.4 is 11.5 Å². The lowest BCUT2D eigenvalue weighted by Gasteiger charge is -2.17. The van der Waals surface area contributed by atoms with Gasteiger partial charge in [0.2, 0.25) is 0 Å². The monoisotopic (exact) mass is 380 g/mol. The van der Waals surface area contributed by atoms with E-state index in [1.165, 1.54) is 17.2 Å². The number of ether oxygens (including phenoxy) is 2. The van der Waals surface area contributed by atoms with Crippen LogP contribution in [0.25, 0.3) is 11.2 Å². The van der Waals surface area contributed by atoms with E-state index in [1.54, 1.807) is 0 Å². The number of carbonyl (C=O) groups excluding carboxylic acids is 1. The van der Waals surface area contributed by atoms with E-state index in [-0.39, 0.29) is 18.3 Å². The average molecular weight is 380 g/mol. The van der Waals surface area contributed by atoms with Crippen LogP contribution in [0, 0.1) is 5.92 Å². The molecule has 11 nitrogen and oxygen atoms in total. The Hall–Kier alpha value is -2.34. The van der Waals surface area contributed by atoms with Gasteiger partial charge in [0, 0.05) is 0 Å². The maximum absolute atomic E-state index is 12.0. The molecule has 0 saturated carbocycles. The number of carbonyl (C=O) groups is 1. The van der Waals surface area contributed by atoms with Crippen LogP contribution in [0.2, 0.25) is 0 Å². The Morgan fingerprint density at radius 2 is 2.07 bits per heavy atom. The van der Waals surface area contributed by atoms with Crippen LogP contribution in [0.15, 0.2) is 12.7 Å². The predicted molar refractivity (Wildman–Crippen MR) is 94.0 cm³/mol. The quantitative estimate of drug-likeness (QED) is 0.453. The molecule has 0 spiro atoms. The second-order valence-electron chi connectivity index (χ2n) is 7.00. The third kappa shape index (κ3) is 3.86. The number of aliphatic hydroxyl groups is 2. The van der Waals surface area contributed by atoms with Gasteiger partial charge < -0.3 is 31.2 Å². The molecule has 3 heterocycles. The van der Waals surface area contributed by atoms with Gasteiger partial charge in [-0.05, 0) is 12.3 Å². The Morgan fingerprint density at radius 3 is 2.78 bits per heavy atom. The fourth-order valence-corrected chi connectivity index (χ4v) is 3.03. The molecular formula is C16H24N6O5. The molecule has 0 unspecified atom stereocenters. The van der Waals surface area contributed by atoms with E-state index in [9.17, 15) is 15.0 Å². The fourth-order valence-electron chi connectivity index (χ4n) is 3.03. The van der Waals surface area contributed by atoms with Gasteiger partial charge in [0.15, 0.2) is 17.7 Å². The van der Waals surface area contributed by atoms with E-state index in [0.717, 1.165) is 0 Å². The smallest absolute Gasteiger partial charge is 0.323 e. The van der Waals surface area contributed by atoms with Gasteiger partial charge in [0.05, 0.1) is 6.33 Å².